The second-order valence-corrected chi connectivity index (χ2v) is 7.82. The molecule has 1 aliphatic heterocycles. The van der Waals surface area contributed by atoms with Crippen LogP contribution in [-0.4, -0.2) is 59.4 Å². The van der Waals surface area contributed by atoms with E-state index in [2.05, 4.69) is 17.0 Å². The summed E-state index contributed by atoms with van der Waals surface area (Å²) >= 11 is 1.69. The van der Waals surface area contributed by atoms with E-state index in [-0.39, 0.29) is 0 Å². The summed E-state index contributed by atoms with van der Waals surface area (Å²) in [6, 6.07) is 14.2. The van der Waals surface area contributed by atoms with Crippen molar-refractivity contribution in [1.82, 2.24) is 4.90 Å². The smallest absolute Gasteiger partial charge is 0.328 e. The number of fused-ring (bicyclic) bond motifs is 2. The van der Waals surface area contributed by atoms with E-state index in [1.165, 1.54) is 10.5 Å². The number of aliphatic hydroxyl groups excluding tert-OH is 1. The van der Waals surface area contributed by atoms with Gasteiger partial charge in [-0.1, -0.05) is 42.1 Å². The first kappa shape index (κ1) is 23.5. The summed E-state index contributed by atoms with van der Waals surface area (Å²) in [7, 11) is 4.06. The molecule has 2 aromatic rings. The molecule has 1 unspecified atom stereocenters. The zero-order chi connectivity index (χ0) is 22.1. The molecule has 3 N–H and O–H groups in total. The zero-order valence-electron chi connectivity index (χ0n) is 16.8. The number of carbonyl (C=O) groups is 2. The first-order chi connectivity index (χ1) is 14.3. The lowest BCUT2D eigenvalue weighted by Gasteiger charge is -2.17. The molecule has 0 amide bonds. The minimum atomic E-state index is -1.26. The summed E-state index contributed by atoms with van der Waals surface area (Å²) in [5.74, 6) is -1.65. The standard InChI is InChI=1S/C18H21NO2S.C4H4O4/c1-19(2)10-11-21-16-8-5-7-14-15(20)12-13-6-3-4-9-17(13)22-18(14)16;5-3(6)1-2-4(7)8/h3-9,15,20H,10-12H2,1-2H3;1-2H,(H,5,6)(H,7,8)/b;2-1-. The third kappa shape index (κ3) is 7.22. The van der Waals surface area contributed by atoms with E-state index in [4.69, 9.17) is 14.9 Å². The van der Waals surface area contributed by atoms with E-state index >= 15 is 0 Å². The molecule has 1 atom stereocenters. The average molecular weight is 432 g/mol. The number of carboxylic acid groups (broad SMARTS) is 2. The average Bonchev–Trinajstić information content (AvgIpc) is 2.83. The van der Waals surface area contributed by atoms with Crippen molar-refractivity contribution in [1.29, 1.82) is 0 Å². The Morgan fingerprint density at radius 1 is 1.10 bits per heavy atom. The van der Waals surface area contributed by atoms with Crippen LogP contribution in [0, 0.1) is 0 Å². The molecule has 1 aliphatic rings. The Hall–Kier alpha value is -2.81. The minimum Gasteiger partial charge on any atom is -0.491 e. The number of likely N-dealkylation sites (N-methyl/N-ethyl adjacent to an activating group) is 1. The number of hydrogen-bond acceptors (Lipinski definition) is 6. The third-order valence-corrected chi connectivity index (χ3v) is 5.39. The van der Waals surface area contributed by atoms with Crippen molar-refractivity contribution >= 4 is 23.7 Å². The number of aliphatic carboxylic acids is 2. The van der Waals surface area contributed by atoms with Gasteiger partial charge in [-0.15, -0.1) is 0 Å². The van der Waals surface area contributed by atoms with E-state index in [0.717, 1.165) is 22.8 Å². The summed E-state index contributed by atoms with van der Waals surface area (Å²) < 4.78 is 5.96. The molecule has 7 nitrogen and oxygen atoms in total. The monoisotopic (exact) mass is 431 g/mol. The van der Waals surface area contributed by atoms with Gasteiger partial charge in [-0.05, 0) is 37.4 Å². The van der Waals surface area contributed by atoms with Crippen molar-refractivity contribution in [2.24, 2.45) is 0 Å². The lowest BCUT2D eigenvalue weighted by molar-refractivity contribution is -0.134. The number of ether oxygens (including phenoxy) is 1. The fraction of sp³-hybridized carbons (Fsp3) is 0.273. The van der Waals surface area contributed by atoms with Crippen molar-refractivity contribution < 1.29 is 29.6 Å². The molecule has 0 saturated carbocycles. The van der Waals surface area contributed by atoms with Gasteiger partial charge in [0.05, 0.1) is 11.0 Å². The predicted molar refractivity (Wildman–Crippen MR) is 114 cm³/mol. The van der Waals surface area contributed by atoms with Crippen molar-refractivity contribution in [2.45, 2.75) is 22.3 Å². The predicted octanol–water partition coefficient (Wildman–Crippen LogP) is 3.08. The zero-order valence-corrected chi connectivity index (χ0v) is 17.6. The van der Waals surface area contributed by atoms with Gasteiger partial charge in [0, 0.05) is 30.0 Å². The van der Waals surface area contributed by atoms with Crippen molar-refractivity contribution in [3.05, 3.63) is 65.7 Å². The van der Waals surface area contributed by atoms with Gasteiger partial charge in [0.15, 0.2) is 0 Å². The second kappa shape index (κ2) is 11.4. The Labute approximate surface area is 179 Å². The van der Waals surface area contributed by atoms with Crippen LogP contribution in [0.1, 0.15) is 17.2 Å². The van der Waals surface area contributed by atoms with E-state index in [1.807, 2.05) is 44.4 Å². The number of rotatable bonds is 6. The molecule has 0 radical (unpaired) electrons. The molecule has 0 bridgehead atoms. The van der Waals surface area contributed by atoms with Crippen molar-refractivity contribution in [2.75, 3.05) is 27.2 Å². The molecule has 160 valence electrons. The maximum absolute atomic E-state index is 10.5. The quantitative estimate of drug-likeness (QED) is 0.599. The fourth-order valence-electron chi connectivity index (χ4n) is 2.70. The van der Waals surface area contributed by atoms with Crippen LogP contribution in [0.15, 0.2) is 64.4 Å². The molecule has 1 heterocycles. The number of hydrogen-bond donors (Lipinski definition) is 3. The summed E-state index contributed by atoms with van der Waals surface area (Å²) in [4.78, 5) is 23.4. The lowest BCUT2D eigenvalue weighted by atomic mass is 10.0. The van der Waals surface area contributed by atoms with Crippen LogP contribution in [0.3, 0.4) is 0 Å². The highest BCUT2D eigenvalue weighted by atomic mass is 32.2. The Bertz CT molecular complexity index is 896. The summed E-state index contributed by atoms with van der Waals surface area (Å²) in [6.07, 6.45) is 1.28. The largest absolute Gasteiger partial charge is 0.491 e. The Balaban J connectivity index is 0.000000343. The molecule has 2 aromatic carbocycles. The number of carboxylic acids is 2. The van der Waals surface area contributed by atoms with Gasteiger partial charge in [0.2, 0.25) is 0 Å². The summed E-state index contributed by atoms with van der Waals surface area (Å²) in [6.45, 7) is 1.51. The van der Waals surface area contributed by atoms with E-state index in [9.17, 15) is 14.7 Å². The minimum absolute atomic E-state index is 0.483. The molecule has 8 heteroatoms. The Morgan fingerprint density at radius 3 is 2.40 bits per heavy atom. The molecule has 0 aromatic heterocycles. The second-order valence-electron chi connectivity index (χ2n) is 6.77. The van der Waals surface area contributed by atoms with Crippen LogP contribution >= 0.6 is 11.8 Å². The van der Waals surface area contributed by atoms with Gasteiger partial charge < -0.3 is 25.0 Å². The van der Waals surface area contributed by atoms with Gasteiger partial charge in [-0.2, -0.15) is 0 Å². The molecule has 0 saturated heterocycles. The normalized spacial score (nSPS) is 14.9. The molecular formula is C22H25NO6S. The van der Waals surface area contributed by atoms with Crippen molar-refractivity contribution in [3.8, 4) is 5.75 Å². The molecule has 0 spiro atoms. The highest BCUT2D eigenvalue weighted by Crippen LogP contribution is 2.45. The van der Waals surface area contributed by atoms with E-state index in [1.54, 1.807) is 11.8 Å². The molecule has 0 aliphatic carbocycles. The van der Waals surface area contributed by atoms with Gasteiger partial charge in [0.25, 0.3) is 0 Å². The molecule has 0 fully saturated rings. The maximum atomic E-state index is 10.5. The first-order valence-electron chi connectivity index (χ1n) is 9.26. The van der Waals surface area contributed by atoms with Gasteiger partial charge >= 0.3 is 11.9 Å². The first-order valence-corrected chi connectivity index (χ1v) is 10.1. The van der Waals surface area contributed by atoms with Crippen LogP contribution < -0.4 is 4.74 Å². The van der Waals surface area contributed by atoms with Crippen molar-refractivity contribution in [3.63, 3.8) is 0 Å². The van der Waals surface area contributed by atoms with E-state index < -0.39 is 18.0 Å². The van der Waals surface area contributed by atoms with E-state index in [0.29, 0.717) is 25.2 Å². The third-order valence-electron chi connectivity index (χ3n) is 4.13. The maximum Gasteiger partial charge on any atom is 0.328 e. The van der Waals surface area contributed by atoms with Gasteiger partial charge in [0.1, 0.15) is 12.4 Å². The van der Waals surface area contributed by atoms with Crippen LogP contribution in [0.4, 0.5) is 0 Å². The topological polar surface area (TPSA) is 107 Å². The Kier molecular flexibility index (Phi) is 8.91. The van der Waals surface area contributed by atoms with Crippen LogP contribution in [-0.2, 0) is 16.0 Å². The number of benzene rings is 2. The fourth-order valence-corrected chi connectivity index (χ4v) is 3.90. The number of aliphatic hydroxyl groups is 1. The van der Waals surface area contributed by atoms with Crippen LogP contribution in [0.2, 0.25) is 0 Å². The highest BCUT2D eigenvalue weighted by molar-refractivity contribution is 7.99. The molecule has 30 heavy (non-hydrogen) atoms. The highest BCUT2D eigenvalue weighted by Gasteiger charge is 2.23. The lowest BCUT2D eigenvalue weighted by Crippen LogP contribution is -2.19. The number of nitrogens with zero attached hydrogens (tertiary/aromatic N) is 1. The van der Waals surface area contributed by atoms with Crippen LogP contribution in [0.5, 0.6) is 5.75 Å². The Morgan fingerprint density at radius 2 is 1.77 bits per heavy atom. The molecular weight excluding hydrogens is 406 g/mol. The van der Waals surface area contributed by atoms with Crippen LogP contribution in [0.25, 0.3) is 0 Å². The van der Waals surface area contributed by atoms with Gasteiger partial charge in [-0.3, -0.25) is 0 Å². The SMILES string of the molecule is CN(C)CCOc1cccc2c1Sc1ccccc1CC2O.O=C(O)/C=C\C(=O)O. The van der Waals surface area contributed by atoms with Gasteiger partial charge in [-0.25, -0.2) is 9.59 Å². The summed E-state index contributed by atoms with van der Waals surface area (Å²) in [5, 5.41) is 26.2. The summed E-state index contributed by atoms with van der Waals surface area (Å²) in [5.41, 5.74) is 2.15. The molecule has 3 rings (SSSR count).